The van der Waals surface area contributed by atoms with Crippen LogP contribution in [-0.2, 0) is 0 Å². The molecule has 66 valence electrons. The van der Waals surface area contributed by atoms with Crippen molar-refractivity contribution in [1.82, 2.24) is 0 Å². The molecule has 0 atom stereocenters. The molecule has 2 N–H and O–H groups in total. The van der Waals surface area contributed by atoms with Crippen LogP contribution in [0, 0.1) is 6.92 Å². The predicted molar refractivity (Wildman–Crippen MR) is 49.8 cm³/mol. The first-order valence-corrected chi connectivity index (χ1v) is 3.59. The molecule has 0 aliphatic carbocycles. The van der Waals surface area contributed by atoms with Crippen molar-refractivity contribution in [3.8, 4) is 0 Å². The topological polar surface area (TPSA) is 91.8 Å². The van der Waals surface area contributed by atoms with E-state index in [2.05, 4.69) is 10.0 Å². The monoisotopic (exact) mass is 176 g/mol. The minimum absolute atomic E-state index is 0.354. The molecule has 0 aliphatic heterocycles. The zero-order chi connectivity index (χ0) is 9.84. The summed E-state index contributed by atoms with van der Waals surface area (Å²) in [6.45, 7) is 1.74. The van der Waals surface area contributed by atoms with Crippen LogP contribution in [0.5, 0.6) is 0 Å². The van der Waals surface area contributed by atoms with Crippen LogP contribution >= 0.6 is 0 Å². The van der Waals surface area contributed by atoms with Crippen LogP contribution in [0.4, 0.5) is 11.4 Å². The van der Waals surface area contributed by atoms with E-state index in [4.69, 9.17) is 11.3 Å². The summed E-state index contributed by atoms with van der Waals surface area (Å²) in [7, 11) is 0. The number of aldehydes is 1. The first-order valence-electron chi connectivity index (χ1n) is 3.59. The summed E-state index contributed by atoms with van der Waals surface area (Å²) < 4.78 is 0. The molecule has 1 aromatic rings. The summed E-state index contributed by atoms with van der Waals surface area (Å²) in [6, 6.07) is 3.03. The van der Waals surface area contributed by atoms with Crippen LogP contribution in [0.2, 0.25) is 0 Å². The molecule has 5 nitrogen and oxygen atoms in total. The zero-order valence-electron chi connectivity index (χ0n) is 7.06. The SMILES string of the molecule is Cc1c(N)cc(N=[N+]=[N-])cc1C=O. The van der Waals surface area contributed by atoms with Gasteiger partial charge in [0.1, 0.15) is 6.29 Å². The second kappa shape index (κ2) is 3.60. The van der Waals surface area contributed by atoms with E-state index < -0.39 is 0 Å². The van der Waals surface area contributed by atoms with E-state index in [9.17, 15) is 4.79 Å². The maximum Gasteiger partial charge on any atom is 0.150 e. The average molecular weight is 176 g/mol. The summed E-state index contributed by atoms with van der Waals surface area (Å²) >= 11 is 0. The van der Waals surface area contributed by atoms with Gasteiger partial charge in [-0.25, -0.2) is 0 Å². The molecule has 0 saturated carbocycles. The Morgan fingerprint density at radius 2 is 2.31 bits per heavy atom. The van der Waals surface area contributed by atoms with Gasteiger partial charge in [0.05, 0.1) is 0 Å². The standard InChI is InChI=1S/C8H8N4O/c1-5-6(4-13)2-7(11-12-10)3-8(5)9/h2-4H,9H2,1H3. The van der Waals surface area contributed by atoms with E-state index in [-0.39, 0.29) is 0 Å². The Bertz CT molecular complexity index is 393. The third-order valence-electron chi connectivity index (χ3n) is 1.76. The Kier molecular flexibility index (Phi) is 2.52. The molecule has 0 amide bonds. The first kappa shape index (κ1) is 9.09. The Labute approximate surface area is 74.8 Å². The van der Waals surface area contributed by atoms with E-state index in [1.165, 1.54) is 12.1 Å². The molecule has 0 saturated heterocycles. The average Bonchev–Trinajstić information content (AvgIpc) is 2.11. The third-order valence-corrected chi connectivity index (χ3v) is 1.76. The molecule has 0 unspecified atom stereocenters. The molecule has 0 aliphatic rings. The fourth-order valence-corrected chi connectivity index (χ4v) is 0.975. The summed E-state index contributed by atoms with van der Waals surface area (Å²) in [5.41, 5.74) is 15.7. The number of hydrogen-bond acceptors (Lipinski definition) is 3. The van der Waals surface area contributed by atoms with Crippen LogP contribution in [0.25, 0.3) is 10.4 Å². The minimum atomic E-state index is 0.354. The van der Waals surface area contributed by atoms with Gasteiger partial charge in [0.15, 0.2) is 0 Å². The number of nitrogen functional groups attached to an aromatic ring is 1. The highest BCUT2D eigenvalue weighted by Gasteiger charge is 2.02. The summed E-state index contributed by atoms with van der Waals surface area (Å²) in [5, 5.41) is 3.36. The van der Waals surface area contributed by atoms with Crippen molar-refractivity contribution in [3.63, 3.8) is 0 Å². The smallest absolute Gasteiger partial charge is 0.150 e. The van der Waals surface area contributed by atoms with Gasteiger partial charge in [-0.05, 0) is 30.2 Å². The summed E-state index contributed by atoms with van der Waals surface area (Å²) in [4.78, 5) is 13.2. The maximum atomic E-state index is 10.5. The van der Waals surface area contributed by atoms with Crippen molar-refractivity contribution in [2.75, 3.05) is 5.73 Å². The Morgan fingerprint density at radius 3 is 2.85 bits per heavy atom. The minimum Gasteiger partial charge on any atom is -0.398 e. The van der Waals surface area contributed by atoms with Gasteiger partial charge < -0.3 is 5.73 Å². The number of rotatable bonds is 2. The lowest BCUT2D eigenvalue weighted by atomic mass is 10.1. The number of anilines is 1. The lowest BCUT2D eigenvalue weighted by Gasteiger charge is -2.03. The number of azide groups is 1. The van der Waals surface area contributed by atoms with E-state index in [1.807, 2.05) is 0 Å². The normalized spacial score (nSPS) is 9.00. The first-order chi connectivity index (χ1) is 6.19. The largest absolute Gasteiger partial charge is 0.398 e. The van der Waals surface area contributed by atoms with Gasteiger partial charge in [0.25, 0.3) is 0 Å². The second-order valence-corrected chi connectivity index (χ2v) is 2.56. The van der Waals surface area contributed by atoms with Gasteiger partial charge in [-0.2, -0.15) is 0 Å². The van der Waals surface area contributed by atoms with Gasteiger partial charge in [0.2, 0.25) is 0 Å². The lowest BCUT2D eigenvalue weighted by molar-refractivity contribution is 0.112. The highest BCUT2D eigenvalue weighted by atomic mass is 16.1. The van der Waals surface area contributed by atoms with E-state index >= 15 is 0 Å². The van der Waals surface area contributed by atoms with E-state index in [1.54, 1.807) is 6.92 Å². The van der Waals surface area contributed by atoms with Gasteiger partial charge in [-0.15, -0.1) is 0 Å². The summed E-state index contributed by atoms with van der Waals surface area (Å²) in [5.74, 6) is 0. The third kappa shape index (κ3) is 1.77. The molecule has 0 aromatic heterocycles. The molecule has 5 heteroatoms. The molecule has 0 fully saturated rings. The summed E-state index contributed by atoms with van der Waals surface area (Å²) in [6.07, 6.45) is 0.683. The van der Waals surface area contributed by atoms with Crippen molar-refractivity contribution in [2.45, 2.75) is 6.92 Å². The number of nitrogens with zero attached hydrogens (tertiary/aromatic N) is 3. The second-order valence-electron chi connectivity index (χ2n) is 2.56. The van der Waals surface area contributed by atoms with Gasteiger partial charge in [-0.3, -0.25) is 4.79 Å². The molecule has 0 spiro atoms. The molecular weight excluding hydrogens is 168 g/mol. The van der Waals surface area contributed by atoms with Gasteiger partial charge in [0, 0.05) is 21.8 Å². The van der Waals surface area contributed by atoms with E-state index in [0.29, 0.717) is 28.8 Å². The number of hydrogen-bond donors (Lipinski definition) is 1. The van der Waals surface area contributed by atoms with Gasteiger partial charge in [-0.1, -0.05) is 5.11 Å². The molecular formula is C8H8N4O. The zero-order valence-corrected chi connectivity index (χ0v) is 7.06. The number of nitrogens with two attached hydrogens (primary N) is 1. The van der Waals surface area contributed by atoms with Crippen LogP contribution in [0.15, 0.2) is 17.2 Å². The Morgan fingerprint density at radius 1 is 1.62 bits per heavy atom. The van der Waals surface area contributed by atoms with Crippen LogP contribution in [0.3, 0.4) is 0 Å². The quantitative estimate of drug-likeness (QED) is 0.246. The molecule has 1 aromatic carbocycles. The van der Waals surface area contributed by atoms with Crippen molar-refractivity contribution < 1.29 is 4.79 Å². The van der Waals surface area contributed by atoms with Crippen molar-refractivity contribution in [1.29, 1.82) is 0 Å². The highest BCUT2D eigenvalue weighted by Crippen LogP contribution is 2.23. The van der Waals surface area contributed by atoms with E-state index in [0.717, 1.165) is 0 Å². The molecule has 1 rings (SSSR count). The fourth-order valence-electron chi connectivity index (χ4n) is 0.975. The van der Waals surface area contributed by atoms with Crippen LogP contribution < -0.4 is 5.73 Å². The highest BCUT2D eigenvalue weighted by molar-refractivity contribution is 5.82. The Balaban J connectivity index is 3.37. The van der Waals surface area contributed by atoms with Gasteiger partial charge >= 0.3 is 0 Å². The number of carbonyl (C=O) groups excluding carboxylic acids is 1. The predicted octanol–water partition coefficient (Wildman–Crippen LogP) is 2.33. The van der Waals surface area contributed by atoms with Crippen LogP contribution in [0.1, 0.15) is 15.9 Å². The molecule has 0 heterocycles. The maximum absolute atomic E-state index is 10.5. The lowest BCUT2D eigenvalue weighted by Crippen LogP contribution is -1.93. The van der Waals surface area contributed by atoms with Crippen molar-refractivity contribution in [3.05, 3.63) is 33.7 Å². The number of carbonyl (C=O) groups is 1. The van der Waals surface area contributed by atoms with Crippen molar-refractivity contribution >= 4 is 17.7 Å². The fraction of sp³-hybridized carbons (Fsp3) is 0.125. The Hall–Kier alpha value is -2.00. The van der Waals surface area contributed by atoms with Crippen molar-refractivity contribution in [2.24, 2.45) is 5.11 Å². The molecule has 13 heavy (non-hydrogen) atoms. The number of benzene rings is 1. The van der Waals surface area contributed by atoms with Crippen LogP contribution in [-0.4, -0.2) is 6.29 Å². The molecule has 0 bridgehead atoms. The molecule has 0 radical (unpaired) electrons.